The number of methoxy groups -OCH3 is 1. The van der Waals surface area contributed by atoms with Crippen molar-refractivity contribution in [3.05, 3.63) is 29.6 Å². The van der Waals surface area contributed by atoms with Crippen LogP contribution in [-0.4, -0.2) is 18.8 Å². The van der Waals surface area contributed by atoms with E-state index in [-0.39, 0.29) is 23.6 Å². The summed E-state index contributed by atoms with van der Waals surface area (Å²) in [7, 11) is 1.46. The van der Waals surface area contributed by atoms with Crippen LogP contribution in [0.2, 0.25) is 0 Å². The Hall–Kier alpha value is -1.09. The number of hydrogen-bond acceptors (Lipinski definition) is 2. The Bertz CT molecular complexity index is 359. The van der Waals surface area contributed by atoms with E-state index in [0.717, 1.165) is 24.8 Å². The quantitative estimate of drug-likeness (QED) is 0.825. The van der Waals surface area contributed by atoms with Crippen molar-refractivity contribution < 1.29 is 14.2 Å². The average molecular weight is 210 g/mol. The molecular formula is C12H15FO2. The smallest absolute Gasteiger partial charge is 0.165 e. The molecule has 0 atom stereocenters. The average Bonchev–Trinajstić information content (AvgIpc) is 3.02. The molecule has 0 amide bonds. The maximum absolute atomic E-state index is 13.1. The maximum atomic E-state index is 13.1. The summed E-state index contributed by atoms with van der Waals surface area (Å²) in [6.45, 7) is 0.215. The van der Waals surface area contributed by atoms with Crippen LogP contribution in [0.3, 0.4) is 0 Å². The van der Waals surface area contributed by atoms with E-state index in [1.165, 1.54) is 13.2 Å². The molecule has 3 heteroatoms. The minimum atomic E-state index is -0.338. The van der Waals surface area contributed by atoms with Crippen LogP contribution < -0.4 is 4.74 Å². The predicted molar refractivity (Wildman–Crippen MR) is 55.4 cm³/mol. The lowest BCUT2D eigenvalue weighted by molar-refractivity contribution is 0.211. The highest BCUT2D eigenvalue weighted by Crippen LogP contribution is 2.48. The predicted octanol–water partition coefficient (Wildman–Crippen LogP) is 2.15. The van der Waals surface area contributed by atoms with Crippen molar-refractivity contribution in [3.63, 3.8) is 0 Å². The van der Waals surface area contributed by atoms with Crippen LogP contribution in [0.1, 0.15) is 18.4 Å². The van der Waals surface area contributed by atoms with Gasteiger partial charge in [0, 0.05) is 6.61 Å². The molecule has 1 aliphatic rings. The number of halogens is 1. The maximum Gasteiger partial charge on any atom is 0.165 e. The molecule has 15 heavy (non-hydrogen) atoms. The summed E-state index contributed by atoms with van der Waals surface area (Å²) in [5.74, 6) is -0.0589. The molecule has 1 aromatic carbocycles. The van der Waals surface area contributed by atoms with Crippen molar-refractivity contribution in [1.29, 1.82) is 0 Å². The molecule has 0 unspecified atom stereocenters. The molecule has 0 aromatic heterocycles. The number of aliphatic hydroxyl groups excluding tert-OH is 1. The van der Waals surface area contributed by atoms with Gasteiger partial charge in [0.15, 0.2) is 11.6 Å². The molecular weight excluding hydrogens is 195 g/mol. The van der Waals surface area contributed by atoms with Crippen LogP contribution >= 0.6 is 0 Å². The number of benzene rings is 1. The molecule has 1 saturated carbocycles. The SMILES string of the molecule is COc1cc(CC2(CO)CC2)ccc1F. The van der Waals surface area contributed by atoms with E-state index in [2.05, 4.69) is 0 Å². The van der Waals surface area contributed by atoms with Crippen LogP contribution in [-0.2, 0) is 6.42 Å². The first-order chi connectivity index (χ1) is 7.19. The largest absolute Gasteiger partial charge is 0.494 e. The topological polar surface area (TPSA) is 29.5 Å². The normalized spacial score (nSPS) is 17.5. The zero-order chi connectivity index (χ0) is 10.9. The summed E-state index contributed by atoms with van der Waals surface area (Å²) < 4.78 is 18.0. The molecule has 2 rings (SSSR count). The van der Waals surface area contributed by atoms with Gasteiger partial charge in [-0.2, -0.15) is 0 Å². The lowest BCUT2D eigenvalue weighted by Crippen LogP contribution is -2.10. The molecule has 1 N–H and O–H groups in total. The van der Waals surface area contributed by atoms with E-state index < -0.39 is 0 Å². The Balaban J connectivity index is 2.15. The van der Waals surface area contributed by atoms with Gasteiger partial charge in [0.25, 0.3) is 0 Å². The first-order valence-corrected chi connectivity index (χ1v) is 5.12. The lowest BCUT2D eigenvalue weighted by atomic mass is 9.97. The summed E-state index contributed by atoms with van der Waals surface area (Å²) in [5.41, 5.74) is 1.09. The molecule has 1 aromatic rings. The number of aliphatic hydroxyl groups is 1. The molecule has 0 heterocycles. The van der Waals surface area contributed by atoms with E-state index in [1.807, 2.05) is 0 Å². The van der Waals surface area contributed by atoms with Crippen molar-refractivity contribution in [2.24, 2.45) is 5.41 Å². The minimum Gasteiger partial charge on any atom is -0.494 e. The molecule has 0 saturated heterocycles. The third-order valence-electron chi connectivity index (χ3n) is 3.09. The first-order valence-electron chi connectivity index (χ1n) is 5.12. The zero-order valence-corrected chi connectivity index (χ0v) is 8.79. The number of rotatable bonds is 4. The molecule has 0 radical (unpaired) electrons. The third-order valence-corrected chi connectivity index (χ3v) is 3.09. The summed E-state index contributed by atoms with van der Waals surface area (Å²) >= 11 is 0. The standard InChI is InChI=1S/C12H15FO2/c1-15-11-6-9(2-3-10(11)13)7-12(8-14)4-5-12/h2-3,6,14H,4-5,7-8H2,1H3. The van der Waals surface area contributed by atoms with Crippen molar-refractivity contribution in [3.8, 4) is 5.75 Å². The van der Waals surface area contributed by atoms with Gasteiger partial charge in [-0.3, -0.25) is 0 Å². The fourth-order valence-electron chi connectivity index (χ4n) is 1.81. The van der Waals surface area contributed by atoms with E-state index in [9.17, 15) is 9.50 Å². The van der Waals surface area contributed by atoms with Gasteiger partial charge in [0.1, 0.15) is 0 Å². The van der Waals surface area contributed by atoms with Crippen LogP contribution in [0.25, 0.3) is 0 Å². The second-order valence-corrected chi connectivity index (χ2v) is 4.30. The molecule has 1 aliphatic carbocycles. The second-order valence-electron chi connectivity index (χ2n) is 4.30. The number of ether oxygens (including phenoxy) is 1. The van der Waals surface area contributed by atoms with Crippen LogP contribution in [0.15, 0.2) is 18.2 Å². The summed E-state index contributed by atoms with van der Waals surface area (Å²) in [6.07, 6.45) is 2.92. The van der Waals surface area contributed by atoms with Gasteiger partial charge in [-0.1, -0.05) is 6.07 Å². The van der Waals surface area contributed by atoms with E-state index >= 15 is 0 Å². The Kier molecular flexibility index (Phi) is 2.65. The van der Waals surface area contributed by atoms with Crippen molar-refractivity contribution >= 4 is 0 Å². The molecule has 0 bridgehead atoms. The van der Waals surface area contributed by atoms with Gasteiger partial charge in [-0.25, -0.2) is 4.39 Å². The highest BCUT2D eigenvalue weighted by molar-refractivity contribution is 5.31. The van der Waals surface area contributed by atoms with Gasteiger partial charge < -0.3 is 9.84 Å². The van der Waals surface area contributed by atoms with E-state index in [4.69, 9.17) is 4.74 Å². The Morgan fingerprint density at radius 2 is 2.20 bits per heavy atom. The highest BCUT2D eigenvalue weighted by atomic mass is 19.1. The van der Waals surface area contributed by atoms with E-state index in [0.29, 0.717) is 0 Å². The molecule has 0 spiro atoms. The van der Waals surface area contributed by atoms with Gasteiger partial charge >= 0.3 is 0 Å². The zero-order valence-electron chi connectivity index (χ0n) is 8.79. The second kappa shape index (κ2) is 3.81. The van der Waals surface area contributed by atoms with Crippen molar-refractivity contribution in [2.75, 3.05) is 13.7 Å². The summed E-state index contributed by atoms with van der Waals surface area (Å²) in [5, 5.41) is 9.19. The van der Waals surface area contributed by atoms with Gasteiger partial charge in [-0.05, 0) is 42.4 Å². The number of hydrogen-bond donors (Lipinski definition) is 1. The van der Waals surface area contributed by atoms with Gasteiger partial charge in [0.05, 0.1) is 7.11 Å². The van der Waals surface area contributed by atoms with Gasteiger partial charge in [-0.15, -0.1) is 0 Å². The Morgan fingerprint density at radius 3 is 2.73 bits per heavy atom. The molecule has 0 aliphatic heterocycles. The van der Waals surface area contributed by atoms with Crippen molar-refractivity contribution in [1.82, 2.24) is 0 Å². The Labute approximate surface area is 88.7 Å². The van der Waals surface area contributed by atoms with Gasteiger partial charge in [0.2, 0.25) is 0 Å². The monoisotopic (exact) mass is 210 g/mol. The minimum absolute atomic E-state index is 0.0584. The third kappa shape index (κ3) is 2.12. The van der Waals surface area contributed by atoms with Crippen molar-refractivity contribution in [2.45, 2.75) is 19.3 Å². The van der Waals surface area contributed by atoms with Crippen LogP contribution in [0.5, 0.6) is 5.75 Å². The van der Waals surface area contributed by atoms with E-state index in [1.54, 1.807) is 12.1 Å². The molecule has 82 valence electrons. The lowest BCUT2D eigenvalue weighted by Gasteiger charge is -2.12. The first kappa shape index (κ1) is 10.4. The van der Waals surface area contributed by atoms with Crippen LogP contribution in [0.4, 0.5) is 4.39 Å². The fraction of sp³-hybridized carbons (Fsp3) is 0.500. The molecule has 1 fully saturated rings. The summed E-state index contributed by atoms with van der Waals surface area (Å²) in [4.78, 5) is 0. The highest BCUT2D eigenvalue weighted by Gasteiger charge is 2.41. The Morgan fingerprint density at radius 1 is 1.47 bits per heavy atom. The molecule has 2 nitrogen and oxygen atoms in total. The fourth-order valence-corrected chi connectivity index (χ4v) is 1.81. The summed E-state index contributed by atoms with van der Waals surface area (Å²) in [6, 6.07) is 4.89. The van der Waals surface area contributed by atoms with Crippen LogP contribution in [0, 0.1) is 11.2 Å².